The maximum Gasteiger partial charge on any atom is 0.340 e. The van der Waals surface area contributed by atoms with Gasteiger partial charge in [0, 0.05) is 31.1 Å². The van der Waals surface area contributed by atoms with Gasteiger partial charge >= 0.3 is 5.97 Å². The number of nitrogens with zero attached hydrogens (tertiary/aromatic N) is 2. The molecule has 0 atom stereocenters. The normalized spacial score (nSPS) is 16.8. The molecule has 2 rings (SSSR count). The molecule has 0 radical (unpaired) electrons. The predicted molar refractivity (Wildman–Crippen MR) is 91.9 cm³/mol. The van der Waals surface area contributed by atoms with Crippen LogP contribution in [0.4, 0.5) is 5.00 Å². The van der Waals surface area contributed by atoms with Crippen LogP contribution in [0.15, 0.2) is 6.07 Å². The molecule has 0 unspecified atom stereocenters. The summed E-state index contributed by atoms with van der Waals surface area (Å²) < 4.78 is 29.1. The third-order valence-electron chi connectivity index (χ3n) is 3.68. The van der Waals surface area contributed by atoms with Crippen LogP contribution in [0.5, 0.6) is 0 Å². The topological polar surface area (TPSA) is 96.0 Å². The number of hydrogen-bond acceptors (Lipinski definition) is 7. The van der Waals surface area contributed by atoms with E-state index in [4.69, 9.17) is 4.74 Å². The number of amides is 1. The molecule has 1 fully saturated rings. The lowest BCUT2D eigenvalue weighted by Crippen LogP contribution is -2.50. The van der Waals surface area contributed by atoms with Crippen LogP contribution in [-0.2, 0) is 19.6 Å². The third-order valence-corrected chi connectivity index (χ3v) is 5.95. The minimum atomic E-state index is -3.19. The molecule has 1 N–H and O–H groups in total. The third kappa shape index (κ3) is 4.76. The van der Waals surface area contributed by atoms with Crippen LogP contribution in [0.1, 0.15) is 15.2 Å². The molecule has 0 saturated carbocycles. The second-order valence-electron chi connectivity index (χ2n) is 5.58. The van der Waals surface area contributed by atoms with Gasteiger partial charge < -0.3 is 10.1 Å². The van der Waals surface area contributed by atoms with E-state index in [1.807, 2.05) is 11.8 Å². The number of piperazine rings is 1. The monoisotopic (exact) mass is 375 g/mol. The molecule has 1 aromatic heterocycles. The lowest BCUT2D eigenvalue weighted by molar-refractivity contribution is -0.117. The number of aryl methyl sites for hydroxylation is 1. The van der Waals surface area contributed by atoms with E-state index in [1.54, 1.807) is 6.07 Å². The largest absolute Gasteiger partial charge is 0.465 e. The van der Waals surface area contributed by atoms with Gasteiger partial charge in [-0.2, -0.15) is 4.31 Å². The quantitative estimate of drug-likeness (QED) is 0.747. The molecule has 0 aromatic carbocycles. The Balaban J connectivity index is 1.92. The summed E-state index contributed by atoms with van der Waals surface area (Å²) in [7, 11) is -1.89. The van der Waals surface area contributed by atoms with E-state index >= 15 is 0 Å². The van der Waals surface area contributed by atoms with Crippen LogP contribution in [-0.4, -0.2) is 75.6 Å². The number of rotatable bonds is 5. The SMILES string of the molecule is COC(=O)c1cc(C)sc1NC(=O)CN1CCN(S(C)(=O)=O)CC1. The number of methoxy groups -OCH3 is 1. The average molecular weight is 375 g/mol. The standard InChI is InChI=1S/C14H21N3O5S2/c1-10-8-11(14(19)22-2)13(23-10)15-12(18)9-16-4-6-17(7-5-16)24(3,20)21/h8H,4-7,9H2,1-3H3,(H,15,18). The zero-order valence-electron chi connectivity index (χ0n) is 13.9. The molecule has 2 heterocycles. The number of esters is 1. The zero-order chi connectivity index (χ0) is 17.9. The summed E-state index contributed by atoms with van der Waals surface area (Å²) in [5.74, 6) is -0.730. The summed E-state index contributed by atoms with van der Waals surface area (Å²) in [6.45, 7) is 3.73. The lowest BCUT2D eigenvalue weighted by Gasteiger charge is -2.32. The first-order valence-corrected chi connectivity index (χ1v) is 10.0. The highest BCUT2D eigenvalue weighted by atomic mass is 32.2. The van der Waals surface area contributed by atoms with Crippen molar-refractivity contribution < 1.29 is 22.7 Å². The van der Waals surface area contributed by atoms with Gasteiger partial charge in [0.25, 0.3) is 0 Å². The number of sulfonamides is 1. The number of anilines is 1. The van der Waals surface area contributed by atoms with E-state index in [1.165, 1.54) is 29.0 Å². The first-order valence-electron chi connectivity index (χ1n) is 7.37. The van der Waals surface area contributed by atoms with Crippen molar-refractivity contribution in [2.45, 2.75) is 6.92 Å². The van der Waals surface area contributed by atoms with E-state index in [0.29, 0.717) is 36.7 Å². The van der Waals surface area contributed by atoms with Gasteiger partial charge in [0.2, 0.25) is 15.9 Å². The molecular formula is C14H21N3O5S2. The van der Waals surface area contributed by atoms with Crippen molar-refractivity contribution in [3.8, 4) is 0 Å². The van der Waals surface area contributed by atoms with Crippen molar-refractivity contribution in [3.63, 3.8) is 0 Å². The maximum absolute atomic E-state index is 12.2. The Labute approximate surface area is 145 Å². The fourth-order valence-corrected chi connectivity index (χ4v) is 4.20. The van der Waals surface area contributed by atoms with Crippen molar-refractivity contribution in [2.75, 3.05) is 51.4 Å². The summed E-state index contributed by atoms with van der Waals surface area (Å²) in [5.41, 5.74) is 0.343. The molecule has 1 aromatic rings. The van der Waals surface area contributed by atoms with Crippen LogP contribution < -0.4 is 5.32 Å². The summed E-state index contributed by atoms with van der Waals surface area (Å²) in [6, 6.07) is 1.68. The second kappa shape index (κ2) is 7.60. The molecule has 1 amide bonds. The highest BCUT2D eigenvalue weighted by Gasteiger charge is 2.25. The molecule has 8 nitrogen and oxygen atoms in total. The summed E-state index contributed by atoms with van der Waals surface area (Å²) >= 11 is 1.31. The molecular weight excluding hydrogens is 354 g/mol. The molecule has 24 heavy (non-hydrogen) atoms. The van der Waals surface area contributed by atoms with Gasteiger partial charge in [-0.25, -0.2) is 13.2 Å². The van der Waals surface area contributed by atoms with Crippen molar-refractivity contribution in [2.24, 2.45) is 0 Å². The van der Waals surface area contributed by atoms with E-state index < -0.39 is 16.0 Å². The molecule has 134 valence electrons. The van der Waals surface area contributed by atoms with E-state index in [0.717, 1.165) is 4.88 Å². The molecule has 1 aliphatic rings. The molecule has 10 heteroatoms. The van der Waals surface area contributed by atoms with Crippen LogP contribution in [0.3, 0.4) is 0 Å². The minimum Gasteiger partial charge on any atom is -0.465 e. The Hall–Kier alpha value is -1.49. The van der Waals surface area contributed by atoms with Gasteiger partial charge in [-0.3, -0.25) is 9.69 Å². The number of carbonyl (C=O) groups excluding carboxylic acids is 2. The van der Waals surface area contributed by atoms with E-state index in [-0.39, 0.29) is 12.5 Å². The Bertz CT molecular complexity index is 721. The zero-order valence-corrected chi connectivity index (χ0v) is 15.5. The number of ether oxygens (including phenoxy) is 1. The van der Waals surface area contributed by atoms with Crippen molar-refractivity contribution in [1.29, 1.82) is 0 Å². The minimum absolute atomic E-state index is 0.148. The average Bonchev–Trinajstić information content (AvgIpc) is 2.86. The maximum atomic E-state index is 12.2. The van der Waals surface area contributed by atoms with Crippen LogP contribution in [0, 0.1) is 6.92 Å². The Kier molecular flexibility index (Phi) is 5.97. The Morgan fingerprint density at radius 2 is 1.92 bits per heavy atom. The first kappa shape index (κ1) is 18.8. The highest BCUT2D eigenvalue weighted by molar-refractivity contribution is 7.88. The molecule has 0 aliphatic carbocycles. The second-order valence-corrected chi connectivity index (χ2v) is 8.82. The van der Waals surface area contributed by atoms with E-state index in [9.17, 15) is 18.0 Å². The van der Waals surface area contributed by atoms with Gasteiger partial charge in [0.1, 0.15) is 5.00 Å². The molecule has 0 bridgehead atoms. The first-order chi connectivity index (χ1) is 11.2. The summed E-state index contributed by atoms with van der Waals surface area (Å²) in [5, 5.41) is 3.21. The Morgan fingerprint density at radius 1 is 1.29 bits per heavy atom. The van der Waals surface area contributed by atoms with Gasteiger partial charge in [0.15, 0.2) is 0 Å². The number of thiophene rings is 1. The fourth-order valence-electron chi connectivity index (χ4n) is 2.46. The fraction of sp³-hybridized carbons (Fsp3) is 0.571. The van der Waals surface area contributed by atoms with Crippen molar-refractivity contribution in [1.82, 2.24) is 9.21 Å². The van der Waals surface area contributed by atoms with Crippen molar-refractivity contribution in [3.05, 3.63) is 16.5 Å². The predicted octanol–water partition coefficient (Wildman–Crippen LogP) is 0.359. The number of hydrogen-bond donors (Lipinski definition) is 1. The van der Waals surface area contributed by atoms with Crippen molar-refractivity contribution >= 4 is 38.2 Å². The van der Waals surface area contributed by atoms with E-state index in [2.05, 4.69) is 5.32 Å². The van der Waals surface area contributed by atoms with Crippen LogP contribution >= 0.6 is 11.3 Å². The van der Waals surface area contributed by atoms with Gasteiger partial charge in [-0.1, -0.05) is 0 Å². The summed E-state index contributed by atoms with van der Waals surface area (Å²) in [4.78, 5) is 26.7. The van der Waals surface area contributed by atoms with Gasteiger partial charge in [0.05, 0.1) is 25.5 Å². The van der Waals surface area contributed by atoms with Crippen LogP contribution in [0.25, 0.3) is 0 Å². The summed E-state index contributed by atoms with van der Waals surface area (Å²) in [6.07, 6.45) is 1.18. The highest BCUT2D eigenvalue weighted by Crippen LogP contribution is 2.28. The van der Waals surface area contributed by atoms with Crippen LogP contribution in [0.2, 0.25) is 0 Å². The molecule has 1 aliphatic heterocycles. The molecule has 1 saturated heterocycles. The van der Waals surface area contributed by atoms with Gasteiger partial charge in [-0.05, 0) is 13.0 Å². The van der Waals surface area contributed by atoms with Gasteiger partial charge in [-0.15, -0.1) is 11.3 Å². The Morgan fingerprint density at radius 3 is 2.46 bits per heavy atom. The number of nitrogens with one attached hydrogen (secondary N) is 1. The molecule has 0 spiro atoms. The number of carbonyl (C=O) groups is 2. The smallest absolute Gasteiger partial charge is 0.340 e. The lowest BCUT2D eigenvalue weighted by atomic mass is 10.3.